The molecule has 2 aromatic rings. The Hall–Kier alpha value is -2.87. The molecule has 0 spiro atoms. The number of fused-ring (bicyclic) bond motifs is 1. The van der Waals surface area contributed by atoms with Crippen LogP contribution in [-0.2, 0) is 14.3 Å². The number of ether oxygens (including phenoxy) is 1. The van der Waals surface area contributed by atoms with Gasteiger partial charge in [0.05, 0.1) is 16.9 Å². The maximum absolute atomic E-state index is 13.7. The van der Waals surface area contributed by atoms with E-state index in [4.69, 9.17) is 4.74 Å². The van der Waals surface area contributed by atoms with Crippen LogP contribution in [0.2, 0.25) is 0 Å². The van der Waals surface area contributed by atoms with E-state index in [-0.39, 0.29) is 17.2 Å². The number of nitrogens with one attached hydrogen (secondary N) is 2. The predicted molar refractivity (Wildman–Crippen MR) is 100 cm³/mol. The zero-order valence-corrected chi connectivity index (χ0v) is 15.3. The molecule has 0 atom stereocenters. The molecule has 3 rings (SSSR count). The summed E-state index contributed by atoms with van der Waals surface area (Å²) in [5.41, 5.74) is 1.51. The van der Waals surface area contributed by atoms with Gasteiger partial charge in [-0.05, 0) is 42.8 Å². The quantitative estimate of drug-likeness (QED) is 0.785. The third kappa shape index (κ3) is 4.85. The predicted octanol–water partition coefficient (Wildman–Crippen LogP) is 3.36. The number of amides is 2. The SMILES string of the molecule is Cc1ccc(NC(=O)COC(=O)c2ccc3c(c2)NC(=O)CCS3)c(F)c1. The molecule has 0 aromatic heterocycles. The van der Waals surface area contributed by atoms with Gasteiger partial charge in [-0.2, -0.15) is 0 Å². The lowest BCUT2D eigenvalue weighted by Gasteiger charge is -2.10. The summed E-state index contributed by atoms with van der Waals surface area (Å²) < 4.78 is 18.7. The first-order valence-electron chi connectivity index (χ1n) is 8.22. The number of thioether (sulfide) groups is 1. The van der Waals surface area contributed by atoms with Gasteiger partial charge < -0.3 is 15.4 Å². The first-order valence-corrected chi connectivity index (χ1v) is 9.21. The number of carbonyl (C=O) groups excluding carboxylic acids is 3. The fraction of sp³-hybridized carbons (Fsp3) is 0.211. The van der Waals surface area contributed by atoms with Crippen LogP contribution in [0.3, 0.4) is 0 Å². The molecule has 2 amide bonds. The third-order valence-corrected chi connectivity index (χ3v) is 4.88. The number of rotatable bonds is 4. The van der Waals surface area contributed by atoms with Gasteiger partial charge in [0.2, 0.25) is 5.91 Å². The van der Waals surface area contributed by atoms with Crippen LogP contribution in [0.25, 0.3) is 0 Å². The largest absolute Gasteiger partial charge is 0.452 e. The van der Waals surface area contributed by atoms with Gasteiger partial charge in [-0.25, -0.2) is 9.18 Å². The molecule has 0 saturated carbocycles. The van der Waals surface area contributed by atoms with E-state index in [1.807, 2.05) is 0 Å². The van der Waals surface area contributed by atoms with Crippen LogP contribution < -0.4 is 10.6 Å². The lowest BCUT2D eigenvalue weighted by molar-refractivity contribution is -0.119. The number of halogens is 1. The van der Waals surface area contributed by atoms with E-state index in [2.05, 4.69) is 10.6 Å². The highest BCUT2D eigenvalue weighted by atomic mass is 32.2. The van der Waals surface area contributed by atoms with Crippen LogP contribution in [0.15, 0.2) is 41.3 Å². The Bertz CT molecular complexity index is 917. The Balaban J connectivity index is 1.60. The van der Waals surface area contributed by atoms with Crippen molar-refractivity contribution in [2.45, 2.75) is 18.2 Å². The van der Waals surface area contributed by atoms with Gasteiger partial charge in [0, 0.05) is 17.1 Å². The molecule has 1 aliphatic heterocycles. The molecule has 2 N–H and O–H groups in total. The average Bonchev–Trinajstić information content (AvgIpc) is 2.81. The molecule has 2 aromatic carbocycles. The van der Waals surface area contributed by atoms with E-state index in [1.165, 1.54) is 30.0 Å². The van der Waals surface area contributed by atoms with E-state index in [9.17, 15) is 18.8 Å². The zero-order valence-electron chi connectivity index (χ0n) is 14.5. The smallest absolute Gasteiger partial charge is 0.338 e. The van der Waals surface area contributed by atoms with Gasteiger partial charge in [0.15, 0.2) is 6.61 Å². The van der Waals surface area contributed by atoms with Crippen LogP contribution in [0, 0.1) is 12.7 Å². The average molecular weight is 388 g/mol. The molecule has 0 bridgehead atoms. The van der Waals surface area contributed by atoms with Crippen molar-refractivity contribution < 1.29 is 23.5 Å². The van der Waals surface area contributed by atoms with E-state index in [0.29, 0.717) is 17.9 Å². The van der Waals surface area contributed by atoms with Gasteiger partial charge in [0.1, 0.15) is 5.82 Å². The molecule has 0 saturated heterocycles. The Kier molecular flexibility index (Phi) is 5.75. The number of hydrogen-bond donors (Lipinski definition) is 2. The van der Waals surface area contributed by atoms with Crippen molar-refractivity contribution in [3.63, 3.8) is 0 Å². The van der Waals surface area contributed by atoms with Gasteiger partial charge >= 0.3 is 5.97 Å². The Morgan fingerprint density at radius 1 is 1.26 bits per heavy atom. The highest BCUT2D eigenvalue weighted by molar-refractivity contribution is 7.99. The summed E-state index contributed by atoms with van der Waals surface area (Å²) in [6.45, 7) is 1.18. The van der Waals surface area contributed by atoms with Crippen LogP contribution >= 0.6 is 11.8 Å². The van der Waals surface area contributed by atoms with Crippen molar-refractivity contribution in [2.24, 2.45) is 0 Å². The normalized spacial score (nSPS) is 13.2. The van der Waals surface area contributed by atoms with Crippen LogP contribution in [0.4, 0.5) is 15.8 Å². The van der Waals surface area contributed by atoms with Gasteiger partial charge in [-0.15, -0.1) is 11.8 Å². The number of benzene rings is 2. The molecule has 0 aliphatic carbocycles. The molecule has 140 valence electrons. The van der Waals surface area contributed by atoms with Crippen LogP contribution in [0.5, 0.6) is 0 Å². The number of anilines is 2. The maximum Gasteiger partial charge on any atom is 0.338 e. The second-order valence-electron chi connectivity index (χ2n) is 5.97. The van der Waals surface area contributed by atoms with Crippen LogP contribution in [0.1, 0.15) is 22.3 Å². The molecule has 0 unspecified atom stereocenters. The van der Waals surface area contributed by atoms with E-state index >= 15 is 0 Å². The van der Waals surface area contributed by atoms with Crippen molar-refractivity contribution in [3.05, 3.63) is 53.3 Å². The van der Waals surface area contributed by atoms with Gasteiger partial charge in [-0.3, -0.25) is 9.59 Å². The second-order valence-corrected chi connectivity index (χ2v) is 7.10. The topological polar surface area (TPSA) is 84.5 Å². The van der Waals surface area contributed by atoms with Crippen molar-refractivity contribution >= 4 is 40.9 Å². The third-order valence-electron chi connectivity index (χ3n) is 3.81. The Morgan fingerprint density at radius 3 is 2.85 bits per heavy atom. The summed E-state index contributed by atoms with van der Waals surface area (Å²) in [5, 5.41) is 5.09. The minimum absolute atomic E-state index is 0.0198. The molecule has 1 heterocycles. The van der Waals surface area contributed by atoms with Crippen LogP contribution in [-0.4, -0.2) is 30.1 Å². The minimum atomic E-state index is -0.708. The lowest BCUT2D eigenvalue weighted by Crippen LogP contribution is -2.21. The van der Waals surface area contributed by atoms with Crippen molar-refractivity contribution in [3.8, 4) is 0 Å². The monoisotopic (exact) mass is 388 g/mol. The van der Waals surface area contributed by atoms with E-state index in [0.717, 1.165) is 10.5 Å². The van der Waals surface area contributed by atoms with Gasteiger partial charge in [-0.1, -0.05) is 6.07 Å². The Labute approximate surface area is 159 Å². The molecule has 8 heteroatoms. The summed E-state index contributed by atoms with van der Waals surface area (Å²) in [6, 6.07) is 9.21. The van der Waals surface area contributed by atoms with Gasteiger partial charge in [0.25, 0.3) is 5.91 Å². The molecule has 1 aliphatic rings. The Morgan fingerprint density at radius 2 is 2.07 bits per heavy atom. The number of esters is 1. The van der Waals surface area contributed by atoms with Crippen molar-refractivity contribution in [2.75, 3.05) is 23.0 Å². The molecular weight excluding hydrogens is 371 g/mol. The van der Waals surface area contributed by atoms with Crippen molar-refractivity contribution in [1.29, 1.82) is 0 Å². The number of aryl methyl sites for hydroxylation is 1. The van der Waals surface area contributed by atoms with E-state index < -0.39 is 24.3 Å². The molecule has 0 fully saturated rings. The maximum atomic E-state index is 13.7. The lowest BCUT2D eigenvalue weighted by atomic mass is 10.2. The first kappa shape index (κ1) is 18.9. The molecular formula is C19H17FN2O4S. The summed E-state index contributed by atoms with van der Waals surface area (Å²) in [5.74, 6) is -1.37. The first-order chi connectivity index (χ1) is 12.9. The summed E-state index contributed by atoms with van der Waals surface area (Å²) >= 11 is 1.52. The summed E-state index contributed by atoms with van der Waals surface area (Å²) in [7, 11) is 0. The molecule has 6 nitrogen and oxygen atoms in total. The number of carbonyl (C=O) groups is 3. The second kappa shape index (κ2) is 8.22. The highest BCUT2D eigenvalue weighted by Gasteiger charge is 2.17. The molecule has 0 radical (unpaired) electrons. The standard InChI is InChI=1S/C19H17FN2O4S/c1-11-2-4-14(13(20)8-11)21-18(24)10-26-19(25)12-3-5-16-15(9-12)22-17(23)6-7-27-16/h2-5,8-9H,6-7,10H2,1H3,(H,21,24)(H,22,23). The number of hydrogen-bond acceptors (Lipinski definition) is 5. The fourth-order valence-electron chi connectivity index (χ4n) is 2.47. The van der Waals surface area contributed by atoms with Crippen molar-refractivity contribution in [1.82, 2.24) is 0 Å². The summed E-state index contributed by atoms with van der Waals surface area (Å²) in [4.78, 5) is 36.6. The highest BCUT2D eigenvalue weighted by Crippen LogP contribution is 2.31. The minimum Gasteiger partial charge on any atom is -0.452 e. The van der Waals surface area contributed by atoms with E-state index in [1.54, 1.807) is 25.1 Å². The molecule has 27 heavy (non-hydrogen) atoms. The summed E-state index contributed by atoms with van der Waals surface area (Å²) in [6.07, 6.45) is 0.398. The fourth-order valence-corrected chi connectivity index (χ4v) is 3.41. The zero-order chi connectivity index (χ0) is 19.4.